The molecule has 0 aliphatic heterocycles. The number of carbonyl (C=O) groups is 1. The Kier molecular flexibility index (Phi) is 5.29. The maximum Gasteiger partial charge on any atom is 0.238 e. The van der Waals surface area contributed by atoms with E-state index in [1.807, 2.05) is 25.1 Å². The Balaban J connectivity index is 2.53. The molecular formula is C12H17ClN2O. The molecule has 0 aromatic heterocycles. The summed E-state index contributed by atoms with van der Waals surface area (Å²) in [6.45, 7) is 5.13. The molecule has 2 N–H and O–H groups in total. The van der Waals surface area contributed by atoms with Crippen molar-refractivity contribution in [2.45, 2.75) is 20.3 Å². The zero-order chi connectivity index (χ0) is 12.0. The predicted molar refractivity (Wildman–Crippen MR) is 68.0 cm³/mol. The van der Waals surface area contributed by atoms with Gasteiger partial charge in [-0.05, 0) is 37.6 Å². The van der Waals surface area contributed by atoms with Crippen molar-refractivity contribution in [3.63, 3.8) is 0 Å². The van der Waals surface area contributed by atoms with E-state index < -0.39 is 0 Å². The first-order valence-corrected chi connectivity index (χ1v) is 5.78. The minimum Gasteiger partial charge on any atom is -0.325 e. The van der Waals surface area contributed by atoms with Gasteiger partial charge in [-0.1, -0.05) is 24.6 Å². The Morgan fingerprint density at radius 1 is 1.44 bits per heavy atom. The largest absolute Gasteiger partial charge is 0.325 e. The monoisotopic (exact) mass is 240 g/mol. The molecule has 16 heavy (non-hydrogen) atoms. The van der Waals surface area contributed by atoms with Crippen molar-refractivity contribution < 1.29 is 4.79 Å². The van der Waals surface area contributed by atoms with Crippen LogP contribution in [0.1, 0.15) is 18.9 Å². The maximum absolute atomic E-state index is 11.5. The van der Waals surface area contributed by atoms with Crippen LogP contribution in [0.2, 0.25) is 5.02 Å². The minimum atomic E-state index is -0.0428. The van der Waals surface area contributed by atoms with Crippen molar-refractivity contribution in [3.05, 3.63) is 28.8 Å². The number of carbonyl (C=O) groups excluding carboxylic acids is 1. The molecule has 3 nitrogen and oxygen atoms in total. The number of hydrogen-bond donors (Lipinski definition) is 2. The van der Waals surface area contributed by atoms with Gasteiger partial charge in [0, 0.05) is 10.7 Å². The van der Waals surface area contributed by atoms with Gasteiger partial charge in [-0.25, -0.2) is 0 Å². The zero-order valence-electron chi connectivity index (χ0n) is 9.64. The third-order valence-electron chi connectivity index (χ3n) is 2.25. The lowest BCUT2D eigenvalue weighted by Crippen LogP contribution is -2.28. The lowest BCUT2D eigenvalue weighted by Gasteiger charge is -2.09. The molecule has 0 saturated heterocycles. The molecule has 0 aliphatic rings. The molecule has 0 fully saturated rings. The van der Waals surface area contributed by atoms with Gasteiger partial charge in [-0.3, -0.25) is 4.79 Å². The number of amides is 1. The molecular weight excluding hydrogens is 224 g/mol. The van der Waals surface area contributed by atoms with E-state index in [4.69, 9.17) is 11.6 Å². The standard InChI is InChI=1S/C12H17ClN2O/c1-3-7-14-8-12(16)15-11-6-4-5-10(13)9(11)2/h4-6,14H,3,7-8H2,1-2H3,(H,15,16). The van der Waals surface area contributed by atoms with Crippen molar-refractivity contribution >= 4 is 23.2 Å². The van der Waals surface area contributed by atoms with E-state index in [1.54, 1.807) is 0 Å². The molecule has 0 aliphatic carbocycles. The molecule has 0 bridgehead atoms. The van der Waals surface area contributed by atoms with E-state index in [0.717, 1.165) is 24.2 Å². The third-order valence-corrected chi connectivity index (χ3v) is 2.66. The van der Waals surface area contributed by atoms with Crippen molar-refractivity contribution in [1.82, 2.24) is 5.32 Å². The second-order valence-electron chi connectivity index (χ2n) is 3.64. The molecule has 1 aromatic rings. The highest BCUT2D eigenvalue weighted by molar-refractivity contribution is 6.31. The summed E-state index contributed by atoms with van der Waals surface area (Å²) in [5.74, 6) is -0.0428. The summed E-state index contributed by atoms with van der Waals surface area (Å²) in [5, 5.41) is 6.53. The molecule has 0 spiro atoms. The van der Waals surface area contributed by atoms with Gasteiger partial charge in [0.25, 0.3) is 0 Å². The Bertz CT molecular complexity index is 366. The highest BCUT2D eigenvalue weighted by atomic mass is 35.5. The van der Waals surface area contributed by atoms with Gasteiger partial charge in [-0.15, -0.1) is 0 Å². The Labute approximate surface area is 101 Å². The van der Waals surface area contributed by atoms with Crippen LogP contribution >= 0.6 is 11.6 Å². The average Bonchev–Trinajstić information content (AvgIpc) is 2.25. The smallest absolute Gasteiger partial charge is 0.238 e. The Morgan fingerprint density at radius 2 is 2.19 bits per heavy atom. The first-order valence-electron chi connectivity index (χ1n) is 5.40. The van der Waals surface area contributed by atoms with E-state index in [0.29, 0.717) is 11.6 Å². The summed E-state index contributed by atoms with van der Waals surface area (Å²) >= 11 is 5.96. The number of halogens is 1. The van der Waals surface area contributed by atoms with Gasteiger partial charge >= 0.3 is 0 Å². The minimum absolute atomic E-state index is 0.0428. The van der Waals surface area contributed by atoms with Gasteiger partial charge in [0.2, 0.25) is 5.91 Å². The van der Waals surface area contributed by atoms with Crippen LogP contribution in [0.15, 0.2) is 18.2 Å². The van der Waals surface area contributed by atoms with Crippen LogP contribution in [0.5, 0.6) is 0 Å². The second kappa shape index (κ2) is 6.51. The molecule has 88 valence electrons. The molecule has 0 heterocycles. The number of nitrogens with one attached hydrogen (secondary N) is 2. The van der Waals surface area contributed by atoms with Crippen molar-refractivity contribution in [2.24, 2.45) is 0 Å². The van der Waals surface area contributed by atoms with Crippen LogP contribution in [0.3, 0.4) is 0 Å². The van der Waals surface area contributed by atoms with Crippen LogP contribution in [-0.4, -0.2) is 19.0 Å². The average molecular weight is 241 g/mol. The molecule has 1 aromatic carbocycles. The van der Waals surface area contributed by atoms with Gasteiger partial charge < -0.3 is 10.6 Å². The SMILES string of the molecule is CCCNCC(=O)Nc1cccc(Cl)c1C. The third kappa shape index (κ3) is 3.83. The first kappa shape index (κ1) is 13.0. The van der Waals surface area contributed by atoms with Crippen molar-refractivity contribution in [2.75, 3.05) is 18.4 Å². The van der Waals surface area contributed by atoms with Gasteiger partial charge in [0.15, 0.2) is 0 Å². The summed E-state index contributed by atoms with van der Waals surface area (Å²) in [4.78, 5) is 11.5. The molecule has 0 atom stereocenters. The van der Waals surface area contributed by atoms with Gasteiger partial charge in [0.05, 0.1) is 6.54 Å². The van der Waals surface area contributed by atoms with Crippen LogP contribution in [0, 0.1) is 6.92 Å². The van der Waals surface area contributed by atoms with Crippen LogP contribution in [0.25, 0.3) is 0 Å². The lowest BCUT2D eigenvalue weighted by atomic mass is 10.2. The van der Waals surface area contributed by atoms with Crippen LogP contribution in [-0.2, 0) is 4.79 Å². The summed E-state index contributed by atoms with van der Waals surface area (Å²) in [5.41, 5.74) is 1.67. The molecule has 1 amide bonds. The zero-order valence-corrected chi connectivity index (χ0v) is 10.4. The summed E-state index contributed by atoms with van der Waals surface area (Å²) in [6, 6.07) is 5.48. The number of anilines is 1. The maximum atomic E-state index is 11.5. The number of rotatable bonds is 5. The molecule has 0 saturated carbocycles. The van der Waals surface area contributed by atoms with Gasteiger partial charge in [0.1, 0.15) is 0 Å². The highest BCUT2D eigenvalue weighted by Crippen LogP contribution is 2.22. The molecule has 1 rings (SSSR count). The van der Waals surface area contributed by atoms with E-state index >= 15 is 0 Å². The number of hydrogen-bond acceptors (Lipinski definition) is 2. The molecule has 0 unspecified atom stereocenters. The van der Waals surface area contributed by atoms with E-state index in [1.165, 1.54) is 0 Å². The summed E-state index contributed by atoms with van der Waals surface area (Å²) in [6.07, 6.45) is 1.02. The van der Waals surface area contributed by atoms with E-state index in [-0.39, 0.29) is 5.91 Å². The van der Waals surface area contributed by atoms with Crippen molar-refractivity contribution in [3.8, 4) is 0 Å². The summed E-state index contributed by atoms with van der Waals surface area (Å²) in [7, 11) is 0. The van der Waals surface area contributed by atoms with Gasteiger partial charge in [-0.2, -0.15) is 0 Å². The topological polar surface area (TPSA) is 41.1 Å². The Hall–Kier alpha value is -1.06. The second-order valence-corrected chi connectivity index (χ2v) is 4.04. The fraction of sp³-hybridized carbons (Fsp3) is 0.417. The van der Waals surface area contributed by atoms with Crippen molar-refractivity contribution in [1.29, 1.82) is 0 Å². The van der Waals surface area contributed by atoms with E-state index in [2.05, 4.69) is 17.6 Å². The van der Waals surface area contributed by atoms with E-state index in [9.17, 15) is 4.79 Å². The predicted octanol–water partition coefficient (Wildman–Crippen LogP) is 2.59. The Morgan fingerprint density at radius 3 is 2.88 bits per heavy atom. The first-order chi connectivity index (χ1) is 7.65. The summed E-state index contributed by atoms with van der Waals surface area (Å²) < 4.78 is 0. The van der Waals surface area contributed by atoms with Crippen LogP contribution in [0.4, 0.5) is 5.69 Å². The molecule has 4 heteroatoms. The highest BCUT2D eigenvalue weighted by Gasteiger charge is 2.05. The lowest BCUT2D eigenvalue weighted by molar-refractivity contribution is -0.115. The fourth-order valence-electron chi connectivity index (χ4n) is 1.32. The van der Waals surface area contributed by atoms with Crippen LogP contribution < -0.4 is 10.6 Å². The molecule has 0 radical (unpaired) electrons. The fourth-order valence-corrected chi connectivity index (χ4v) is 1.49. The number of benzene rings is 1. The quantitative estimate of drug-likeness (QED) is 0.777. The normalized spacial score (nSPS) is 10.2.